The summed E-state index contributed by atoms with van der Waals surface area (Å²) in [4.78, 5) is 16.3. The van der Waals surface area contributed by atoms with Gasteiger partial charge in [-0.05, 0) is 65.2 Å². The lowest BCUT2D eigenvalue weighted by molar-refractivity contribution is -0.120. The normalized spacial score (nSPS) is 10.5. The monoisotopic (exact) mass is 400 g/mol. The molecule has 1 amide bonds. The van der Waals surface area contributed by atoms with Gasteiger partial charge in [-0.25, -0.2) is 0 Å². The first kappa shape index (κ1) is 17.3. The lowest BCUT2D eigenvalue weighted by Gasteiger charge is -2.08. The van der Waals surface area contributed by atoms with Crippen molar-refractivity contribution in [1.82, 2.24) is 10.3 Å². The first-order valence-electron chi connectivity index (χ1n) is 6.78. The molecule has 0 aliphatic carbocycles. The molecule has 2 aromatic rings. The van der Waals surface area contributed by atoms with Crippen molar-refractivity contribution in [1.29, 1.82) is 0 Å². The van der Waals surface area contributed by atoms with Crippen LogP contribution in [0, 0.1) is 6.92 Å². The summed E-state index contributed by atoms with van der Waals surface area (Å²) in [5.41, 5.74) is 2.62. The number of halogens is 3. The lowest BCUT2D eigenvalue weighted by atomic mass is 10.1. The zero-order valence-corrected chi connectivity index (χ0v) is 15.1. The molecule has 22 heavy (non-hydrogen) atoms. The second-order valence-corrected chi connectivity index (χ2v) is 6.66. The van der Waals surface area contributed by atoms with Gasteiger partial charge in [-0.1, -0.05) is 23.2 Å². The van der Waals surface area contributed by atoms with E-state index in [9.17, 15) is 4.79 Å². The summed E-state index contributed by atoms with van der Waals surface area (Å²) in [6, 6.07) is 9.18. The smallest absolute Gasteiger partial charge is 0.226 e. The number of benzene rings is 1. The molecule has 0 saturated heterocycles. The summed E-state index contributed by atoms with van der Waals surface area (Å²) < 4.78 is 0.842. The molecule has 1 aromatic carbocycles. The quantitative estimate of drug-likeness (QED) is 0.808. The van der Waals surface area contributed by atoms with Crippen LogP contribution in [0.2, 0.25) is 10.0 Å². The number of carbonyl (C=O) groups excluding carboxylic acids is 1. The summed E-state index contributed by atoms with van der Waals surface area (Å²) in [6.07, 6.45) is 0.924. The predicted molar refractivity (Wildman–Crippen MR) is 93.6 cm³/mol. The number of nitrogens with one attached hydrogen (secondary N) is 1. The maximum absolute atomic E-state index is 12.0. The predicted octanol–water partition coefficient (Wildman–Crippen LogP) is 4.36. The number of pyridine rings is 1. The van der Waals surface area contributed by atoms with E-state index >= 15 is 0 Å². The molecule has 0 bridgehead atoms. The minimum absolute atomic E-state index is 0.0630. The number of hydrogen-bond donors (Lipinski definition) is 1. The highest BCUT2D eigenvalue weighted by atomic mass is 79.9. The Labute approximate surface area is 148 Å². The van der Waals surface area contributed by atoms with Crippen LogP contribution in [-0.2, 0) is 17.6 Å². The van der Waals surface area contributed by atoms with E-state index in [1.54, 1.807) is 6.07 Å². The van der Waals surface area contributed by atoms with Crippen molar-refractivity contribution in [3.05, 3.63) is 61.8 Å². The van der Waals surface area contributed by atoms with Crippen LogP contribution >= 0.6 is 39.1 Å². The third-order valence-corrected chi connectivity index (χ3v) is 4.20. The Morgan fingerprint density at radius 1 is 1.23 bits per heavy atom. The maximum atomic E-state index is 12.0. The largest absolute Gasteiger partial charge is 0.355 e. The first-order valence-corrected chi connectivity index (χ1v) is 8.32. The Balaban J connectivity index is 1.86. The third-order valence-electron chi connectivity index (χ3n) is 3.04. The van der Waals surface area contributed by atoms with Gasteiger partial charge >= 0.3 is 0 Å². The molecular weight excluding hydrogens is 387 g/mol. The molecule has 0 atom stereocenters. The number of rotatable bonds is 5. The van der Waals surface area contributed by atoms with Gasteiger partial charge in [0, 0.05) is 26.8 Å². The molecule has 3 nitrogen and oxygen atoms in total. The zero-order valence-electron chi connectivity index (χ0n) is 12.0. The highest BCUT2D eigenvalue weighted by molar-refractivity contribution is 9.10. The molecule has 1 N–H and O–H groups in total. The molecule has 116 valence electrons. The van der Waals surface area contributed by atoms with Gasteiger partial charge in [0.25, 0.3) is 0 Å². The van der Waals surface area contributed by atoms with E-state index in [2.05, 4.69) is 26.2 Å². The Morgan fingerprint density at radius 3 is 2.59 bits per heavy atom. The van der Waals surface area contributed by atoms with Crippen LogP contribution in [0.4, 0.5) is 0 Å². The van der Waals surface area contributed by atoms with Gasteiger partial charge in [0.15, 0.2) is 0 Å². The molecule has 0 radical (unpaired) electrons. The second-order valence-electron chi connectivity index (χ2n) is 4.94. The Kier molecular flexibility index (Phi) is 6.24. The topological polar surface area (TPSA) is 42.0 Å². The SMILES string of the molecule is Cc1ccc(Br)c(CC(=O)NCCc2cc(Cl)cc(Cl)c2)n1. The zero-order chi connectivity index (χ0) is 16.1. The molecule has 0 fully saturated rings. The average molecular weight is 402 g/mol. The van der Waals surface area contributed by atoms with Crippen molar-refractivity contribution in [2.75, 3.05) is 6.54 Å². The lowest BCUT2D eigenvalue weighted by Crippen LogP contribution is -2.27. The molecule has 0 spiro atoms. The van der Waals surface area contributed by atoms with Crippen LogP contribution in [-0.4, -0.2) is 17.4 Å². The van der Waals surface area contributed by atoms with Gasteiger partial charge in [0.2, 0.25) is 5.91 Å². The van der Waals surface area contributed by atoms with E-state index in [4.69, 9.17) is 23.2 Å². The Morgan fingerprint density at radius 2 is 1.91 bits per heavy atom. The molecule has 6 heteroatoms. The number of amides is 1. The number of nitrogens with zero attached hydrogens (tertiary/aromatic N) is 1. The fourth-order valence-corrected chi connectivity index (χ4v) is 2.97. The van der Waals surface area contributed by atoms with E-state index in [0.29, 0.717) is 23.0 Å². The van der Waals surface area contributed by atoms with Gasteiger partial charge in [-0.15, -0.1) is 0 Å². The van der Waals surface area contributed by atoms with E-state index < -0.39 is 0 Å². The van der Waals surface area contributed by atoms with Gasteiger partial charge in [0.05, 0.1) is 12.1 Å². The molecule has 2 rings (SSSR count). The number of aromatic nitrogens is 1. The second kappa shape index (κ2) is 7.95. The summed E-state index contributed by atoms with van der Waals surface area (Å²) in [6.45, 7) is 2.43. The Hall–Kier alpha value is -1.10. The van der Waals surface area contributed by atoms with Crippen molar-refractivity contribution in [2.24, 2.45) is 0 Å². The highest BCUT2D eigenvalue weighted by Gasteiger charge is 2.08. The summed E-state index contributed by atoms with van der Waals surface area (Å²) >= 11 is 15.3. The molecule has 0 aliphatic heterocycles. The Bertz CT molecular complexity index is 672. The fourth-order valence-electron chi connectivity index (χ4n) is 2.03. The molecule has 0 aliphatic rings. The van der Waals surface area contributed by atoms with Crippen molar-refractivity contribution in [2.45, 2.75) is 19.8 Å². The van der Waals surface area contributed by atoms with Crippen molar-refractivity contribution in [3.8, 4) is 0 Å². The summed E-state index contributed by atoms with van der Waals surface area (Å²) in [5.74, 6) is -0.0630. The van der Waals surface area contributed by atoms with Gasteiger partial charge in [-0.3, -0.25) is 9.78 Å². The van der Waals surface area contributed by atoms with Crippen molar-refractivity contribution >= 4 is 45.0 Å². The van der Waals surface area contributed by atoms with Crippen molar-refractivity contribution < 1.29 is 4.79 Å². The van der Waals surface area contributed by atoms with Crippen LogP contribution in [0.5, 0.6) is 0 Å². The molecule has 1 heterocycles. The van der Waals surface area contributed by atoms with Crippen LogP contribution in [0.25, 0.3) is 0 Å². The highest BCUT2D eigenvalue weighted by Crippen LogP contribution is 2.19. The van der Waals surface area contributed by atoms with Gasteiger partial charge < -0.3 is 5.32 Å². The van der Waals surface area contributed by atoms with Crippen LogP contribution in [0.15, 0.2) is 34.8 Å². The number of aryl methyl sites for hydroxylation is 1. The third kappa shape index (κ3) is 5.27. The van der Waals surface area contributed by atoms with Crippen LogP contribution in [0.3, 0.4) is 0 Å². The van der Waals surface area contributed by atoms with Crippen molar-refractivity contribution in [3.63, 3.8) is 0 Å². The maximum Gasteiger partial charge on any atom is 0.226 e. The minimum Gasteiger partial charge on any atom is -0.355 e. The summed E-state index contributed by atoms with van der Waals surface area (Å²) in [7, 11) is 0. The summed E-state index contributed by atoms with van der Waals surface area (Å²) in [5, 5.41) is 4.08. The average Bonchev–Trinajstić information content (AvgIpc) is 2.42. The van der Waals surface area contributed by atoms with E-state index in [1.807, 2.05) is 31.2 Å². The number of carbonyl (C=O) groups is 1. The van der Waals surface area contributed by atoms with E-state index in [1.165, 1.54) is 0 Å². The molecule has 1 aromatic heterocycles. The van der Waals surface area contributed by atoms with Crippen LogP contribution < -0.4 is 5.32 Å². The minimum atomic E-state index is -0.0630. The fraction of sp³-hybridized carbons (Fsp3) is 0.250. The standard InChI is InChI=1S/C16H15BrCl2N2O/c1-10-2-3-14(17)15(21-10)9-16(22)20-5-4-11-6-12(18)8-13(19)7-11/h2-3,6-8H,4-5,9H2,1H3,(H,20,22). The van der Waals surface area contributed by atoms with Crippen LogP contribution in [0.1, 0.15) is 17.0 Å². The van der Waals surface area contributed by atoms with E-state index in [0.717, 1.165) is 21.4 Å². The molecule has 0 saturated carbocycles. The van der Waals surface area contributed by atoms with Gasteiger partial charge in [-0.2, -0.15) is 0 Å². The molecule has 0 unspecified atom stereocenters. The molecular formula is C16H15BrCl2N2O. The first-order chi connectivity index (χ1) is 10.4. The van der Waals surface area contributed by atoms with E-state index in [-0.39, 0.29) is 12.3 Å². The number of hydrogen-bond acceptors (Lipinski definition) is 2. The van der Waals surface area contributed by atoms with Gasteiger partial charge in [0.1, 0.15) is 0 Å².